The van der Waals surface area contributed by atoms with Gasteiger partial charge in [0.25, 0.3) is 0 Å². The molecule has 5 nitrogen and oxygen atoms in total. The summed E-state index contributed by atoms with van der Waals surface area (Å²) >= 11 is 11.7. The predicted octanol–water partition coefficient (Wildman–Crippen LogP) is 2.91. The minimum atomic E-state index is -1.03. The molecule has 116 valence electrons. The number of ketones is 1. The molecule has 0 aliphatic rings. The Kier molecular flexibility index (Phi) is 7.50. The smallest absolute Gasteiger partial charge is 0.320 e. The average Bonchev–Trinajstić information content (AvgIpc) is 2.42. The van der Waals surface area contributed by atoms with Crippen molar-refractivity contribution >= 4 is 35.0 Å². The van der Waals surface area contributed by atoms with E-state index in [9.17, 15) is 9.59 Å². The van der Waals surface area contributed by atoms with Crippen molar-refractivity contribution in [3.63, 3.8) is 0 Å². The van der Waals surface area contributed by atoms with Gasteiger partial charge in [-0.1, -0.05) is 29.6 Å². The Morgan fingerprint density at radius 3 is 2.62 bits per heavy atom. The molecule has 0 bridgehead atoms. The van der Waals surface area contributed by atoms with Crippen LogP contribution in [-0.2, 0) is 9.59 Å². The van der Waals surface area contributed by atoms with E-state index in [1.165, 1.54) is 6.07 Å². The summed E-state index contributed by atoms with van der Waals surface area (Å²) in [5.74, 6) is -0.700. The van der Waals surface area contributed by atoms with Crippen molar-refractivity contribution < 1.29 is 19.4 Å². The van der Waals surface area contributed by atoms with Crippen LogP contribution in [0.5, 0.6) is 5.75 Å². The lowest BCUT2D eigenvalue weighted by molar-refractivity contribution is -0.138. The third-order valence-electron chi connectivity index (χ3n) is 2.82. The molecule has 0 fully saturated rings. The lowest BCUT2D eigenvalue weighted by atomic mass is 10.1. The molecule has 0 amide bonds. The number of aliphatic carboxylic acids is 1. The van der Waals surface area contributed by atoms with Gasteiger partial charge in [0.15, 0.2) is 5.78 Å². The lowest BCUT2D eigenvalue weighted by Crippen LogP contribution is -2.29. The molecule has 0 heterocycles. The van der Waals surface area contributed by atoms with Crippen molar-refractivity contribution in [2.75, 3.05) is 6.61 Å². The lowest BCUT2D eigenvalue weighted by Gasteiger charge is -2.08. The molecule has 0 saturated carbocycles. The summed E-state index contributed by atoms with van der Waals surface area (Å²) in [6.45, 7) is -0.0770. The Bertz CT molecular complexity index is 508. The number of nitrogens with two attached hydrogens (primary N) is 1. The van der Waals surface area contributed by atoms with E-state index in [0.29, 0.717) is 41.5 Å². The quantitative estimate of drug-likeness (QED) is 0.678. The zero-order chi connectivity index (χ0) is 15.8. The van der Waals surface area contributed by atoms with Crippen LogP contribution >= 0.6 is 23.2 Å². The van der Waals surface area contributed by atoms with Gasteiger partial charge in [0.05, 0.1) is 5.02 Å². The van der Waals surface area contributed by atoms with Crippen molar-refractivity contribution in [3.8, 4) is 5.75 Å². The van der Waals surface area contributed by atoms with E-state index in [1.807, 2.05) is 0 Å². The van der Waals surface area contributed by atoms with E-state index >= 15 is 0 Å². The zero-order valence-corrected chi connectivity index (χ0v) is 12.9. The summed E-state index contributed by atoms with van der Waals surface area (Å²) in [5, 5.41) is 9.46. The van der Waals surface area contributed by atoms with Crippen molar-refractivity contribution in [1.82, 2.24) is 0 Å². The van der Waals surface area contributed by atoms with E-state index in [1.54, 1.807) is 12.1 Å². The molecule has 0 saturated heterocycles. The molecule has 0 aromatic heterocycles. The van der Waals surface area contributed by atoms with Crippen LogP contribution in [-0.4, -0.2) is 29.5 Å². The monoisotopic (exact) mass is 333 g/mol. The normalized spacial score (nSPS) is 12.0. The van der Waals surface area contributed by atoms with Crippen LogP contribution in [0.1, 0.15) is 25.7 Å². The number of carbonyl (C=O) groups is 2. The van der Waals surface area contributed by atoms with E-state index < -0.39 is 12.0 Å². The SMILES string of the molecule is NC(CCCCC(=O)COc1ccc(Cl)cc1Cl)C(=O)O. The van der Waals surface area contributed by atoms with E-state index in [4.69, 9.17) is 38.8 Å². The van der Waals surface area contributed by atoms with Gasteiger partial charge in [0, 0.05) is 11.4 Å². The molecule has 7 heteroatoms. The second-order valence-corrected chi connectivity index (χ2v) is 5.44. The van der Waals surface area contributed by atoms with Crippen LogP contribution in [0.4, 0.5) is 0 Å². The molecule has 1 aromatic carbocycles. The highest BCUT2D eigenvalue weighted by Gasteiger charge is 2.11. The van der Waals surface area contributed by atoms with Crippen LogP contribution in [0, 0.1) is 0 Å². The molecule has 1 atom stereocenters. The molecule has 0 aliphatic heterocycles. The summed E-state index contributed by atoms with van der Waals surface area (Å²) in [6, 6.07) is 3.89. The van der Waals surface area contributed by atoms with E-state index in [2.05, 4.69) is 0 Å². The van der Waals surface area contributed by atoms with Gasteiger partial charge in [-0.2, -0.15) is 0 Å². The number of carboxylic acids is 1. The van der Waals surface area contributed by atoms with Crippen LogP contribution < -0.4 is 10.5 Å². The second-order valence-electron chi connectivity index (χ2n) is 4.59. The largest absolute Gasteiger partial charge is 0.484 e. The van der Waals surface area contributed by atoms with Crippen LogP contribution in [0.15, 0.2) is 18.2 Å². The van der Waals surface area contributed by atoms with E-state index in [0.717, 1.165) is 0 Å². The number of carboxylic acid groups (broad SMARTS) is 1. The van der Waals surface area contributed by atoms with Crippen LogP contribution in [0.3, 0.4) is 0 Å². The third kappa shape index (κ3) is 6.80. The number of carbonyl (C=O) groups excluding carboxylic acids is 1. The molecule has 1 aromatic rings. The summed E-state index contributed by atoms with van der Waals surface area (Å²) < 4.78 is 5.31. The fourth-order valence-corrected chi connectivity index (χ4v) is 2.10. The number of halogens is 2. The van der Waals surface area contributed by atoms with Crippen molar-refractivity contribution in [1.29, 1.82) is 0 Å². The molecular weight excluding hydrogens is 317 g/mol. The number of rotatable bonds is 9. The van der Waals surface area contributed by atoms with E-state index in [-0.39, 0.29) is 12.4 Å². The Labute approximate surface area is 133 Å². The fourth-order valence-electron chi connectivity index (χ4n) is 1.63. The second kappa shape index (κ2) is 8.87. The Morgan fingerprint density at radius 1 is 1.29 bits per heavy atom. The number of Topliss-reactive ketones (excluding diaryl/α,β-unsaturated/α-hetero) is 1. The van der Waals surface area contributed by atoms with Crippen LogP contribution in [0.25, 0.3) is 0 Å². The Morgan fingerprint density at radius 2 is 2.00 bits per heavy atom. The van der Waals surface area contributed by atoms with Gasteiger partial charge in [0.2, 0.25) is 0 Å². The summed E-state index contributed by atoms with van der Waals surface area (Å²) in [7, 11) is 0. The van der Waals surface area contributed by atoms with Gasteiger partial charge in [-0.15, -0.1) is 0 Å². The molecule has 1 rings (SSSR count). The van der Waals surface area contributed by atoms with Gasteiger partial charge in [-0.05, 0) is 31.0 Å². The third-order valence-corrected chi connectivity index (χ3v) is 3.35. The van der Waals surface area contributed by atoms with Crippen molar-refractivity contribution in [3.05, 3.63) is 28.2 Å². The van der Waals surface area contributed by atoms with Gasteiger partial charge in [0.1, 0.15) is 18.4 Å². The van der Waals surface area contributed by atoms with Gasteiger partial charge in [-0.3, -0.25) is 9.59 Å². The van der Waals surface area contributed by atoms with Gasteiger partial charge in [-0.25, -0.2) is 0 Å². The first-order chi connectivity index (χ1) is 9.90. The molecule has 0 radical (unpaired) electrons. The zero-order valence-electron chi connectivity index (χ0n) is 11.4. The first-order valence-corrected chi connectivity index (χ1v) is 7.23. The highest BCUT2D eigenvalue weighted by Crippen LogP contribution is 2.27. The standard InChI is InChI=1S/C14H17Cl2NO4/c15-9-5-6-13(11(16)7-9)21-8-10(18)3-1-2-4-12(17)14(19)20/h5-7,12H,1-4,8,17H2,(H,19,20). The number of benzene rings is 1. The highest BCUT2D eigenvalue weighted by atomic mass is 35.5. The summed E-state index contributed by atoms with van der Waals surface area (Å²) in [6.07, 6.45) is 1.84. The highest BCUT2D eigenvalue weighted by molar-refractivity contribution is 6.35. The Hall–Kier alpha value is -1.30. The number of hydrogen-bond donors (Lipinski definition) is 2. The maximum absolute atomic E-state index is 11.6. The molecule has 1 unspecified atom stereocenters. The molecule has 3 N–H and O–H groups in total. The maximum atomic E-state index is 11.6. The summed E-state index contributed by atoms with van der Waals surface area (Å²) in [4.78, 5) is 22.1. The predicted molar refractivity (Wildman–Crippen MR) is 81.0 cm³/mol. The number of ether oxygens (including phenoxy) is 1. The Balaban J connectivity index is 2.24. The fraction of sp³-hybridized carbons (Fsp3) is 0.429. The first-order valence-electron chi connectivity index (χ1n) is 6.48. The molecule has 0 aliphatic carbocycles. The minimum absolute atomic E-state index is 0.0770. The number of hydrogen-bond acceptors (Lipinski definition) is 4. The average molecular weight is 334 g/mol. The first kappa shape index (κ1) is 17.8. The van der Waals surface area contributed by atoms with Crippen LogP contribution in [0.2, 0.25) is 10.0 Å². The summed E-state index contributed by atoms with van der Waals surface area (Å²) in [5.41, 5.74) is 5.36. The molecule has 0 spiro atoms. The van der Waals surface area contributed by atoms with Crippen molar-refractivity contribution in [2.45, 2.75) is 31.7 Å². The maximum Gasteiger partial charge on any atom is 0.320 e. The topological polar surface area (TPSA) is 89.6 Å². The molecule has 21 heavy (non-hydrogen) atoms. The minimum Gasteiger partial charge on any atom is -0.484 e. The number of unbranched alkanes of at least 4 members (excludes halogenated alkanes) is 1. The van der Waals surface area contributed by atoms with Gasteiger partial charge < -0.3 is 15.6 Å². The molecular formula is C14H17Cl2NO4. The van der Waals surface area contributed by atoms with Crippen molar-refractivity contribution in [2.24, 2.45) is 5.73 Å². The van der Waals surface area contributed by atoms with Gasteiger partial charge >= 0.3 is 5.97 Å².